The summed E-state index contributed by atoms with van der Waals surface area (Å²) in [4.78, 5) is 50.9. The lowest BCUT2D eigenvalue weighted by Crippen LogP contribution is -2.66. The molecular formula is C23H36Cl3NO8. The molecule has 5 atom stereocenters. The van der Waals surface area contributed by atoms with Crippen LogP contribution in [0.2, 0.25) is 0 Å². The topological polar surface area (TPSA) is 117 Å². The van der Waals surface area contributed by atoms with Gasteiger partial charge in [-0.25, -0.2) is 0 Å². The highest BCUT2D eigenvalue weighted by molar-refractivity contribution is 6.76. The zero-order chi connectivity index (χ0) is 27.7. The molecule has 0 saturated carbocycles. The first-order valence-electron chi connectivity index (χ1n) is 11.1. The number of nitrogens with one attached hydrogen (secondary N) is 1. The average Bonchev–Trinajstić information content (AvgIpc) is 2.63. The maximum absolute atomic E-state index is 12.9. The highest BCUT2D eigenvalue weighted by Gasteiger charge is 2.54. The van der Waals surface area contributed by atoms with Gasteiger partial charge >= 0.3 is 17.9 Å². The van der Waals surface area contributed by atoms with Crippen LogP contribution in [0, 0.1) is 16.2 Å². The number of hydrogen-bond acceptors (Lipinski definition) is 8. The number of ether oxygens (including phenoxy) is 4. The van der Waals surface area contributed by atoms with E-state index in [1.165, 1.54) is 0 Å². The molecule has 1 fully saturated rings. The lowest BCUT2D eigenvalue weighted by molar-refractivity contribution is -0.255. The Balaban J connectivity index is 3.56. The van der Waals surface area contributed by atoms with Gasteiger partial charge in [0.2, 0.25) is 0 Å². The minimum atomic E-state index is -2.35. The van der Waals surface area contributed by atoms with Gasteiger partial charge in [-0.15, -0.1) is 0 Å². The third-order valence-corrected chi connectivity index (χ3v) is 5.38. The Bertz CT molecular complexity index is 821. The number of halogens is 3. The summed E-state index contributed by atoms with van der Waals surface area (Å²) in [6.07, 6.45) is -6.25. The van der Waals surface area contributed by atoms with Gasteiger partial charge in [-0.2, -0.15) is 0 Å². The molecule has 1 aliphatic heterocycles. The van der Waals surface area contributed by atoms with Gasteiger partial charge in [0, 0.05) is 0 Å². The fourth-order valence-corrected chi connectivity index (χ4v) is 2.83. The van der Waals surface area contributed by atoms with Crippen molar-refractivity contribution in [3.05, 3.63) is 0 Å². The normalized spacial score (nSPS) is 25.9. The van der Waals surface area contributed by atoms with Crippen LogP contribution < -0.4 is 5.32 Å². The minimum absolute atomic E-state index is 0.598. The molecule has 1 amide bonds. The fraction of sp³-hybridized carbons (Fsp3) is 0.826. The molecule has 0 aromatic heterocycles. The van der Waals surface area contributed by atoms with Gasteiger partial charge in [0.05, 0.1) is 22.3 Å². The van der Waals surface area contributed by atoms with Crippen LogP contribution in [0.4, 0.5) is 0 Å². The second-order valence-electron chi connectivity index (χ2n) is 11.6. The molecule has 0 radical (unpaired) electrons. The molecule has 12 heteroatoms. The molecule has 0 spiro atoms. The molecule has 1 heterocycles. The summed E-state index contributed by atoms with van der Waals surface area (Å²) in [7, 11) is 0. The molecule has 0 aliphatic carbocycles. The van der Waals surface area contributed by atoms with Gasteiger partial charge in [-0.05, 0) is 69.2 Å². The van der Waals surface area contributed by atoms with Crippen molar-refractivity contribution in [2.75, 3.05) is 0 Å². The van der Waals surface area contributed by atoms with E-state index >= 15 is 0 Å². The van der Waals surface area contributed by atoms with Crippen molar-refractivity contribution < 1.29 is 38.1 Å². The Morgan fingerprint density at radius 2 is 1.00 bits per heavy atom. The van der Waals surface area contributed by atoms with Crippen molar-refractivity contribution in [3.8, 4) is 0 Å². The molecule has 1 saturated heterocycles. The number of rotatable bonds is 4. The van der Waals surface area contributed by atoms with Crippen molar-refractivity contribution in [2.45, 2.75) is 104 Å². The number of esters is 3. The summed E-state index contributed by atoms with van der Waals surface area (Å²) in [6, 6.07) is 0. The molecule has 1 rings (SSSR count). The predicted molar refractivity (Wildman–Crippen MR) is 131 cm³/mol. The molecule has 9 nitrogen and oxygen atoms in total. The van der Waals surface area contributed by atoms with Gasteiger partial charge in [0.1, 0.15) is 0 Å². The first-order valence-corrected chi connectivity index (χ1v) is 12.3. The number of amides is 1. The summed E-state index contributed by atoms with van der Waals surface area (Å²) < 4.78 is 20.6. The Labute approximate surface area is 221 Å². The maximum atomic E-state index is 12.9. The monoisotopic (exact) mass is 559 g/mol. The lowest BCUT2D eigenvalue weighted by atomic mass is 9.93. The number of carbonyl (C=O) groups excluding carboxylic acids is 4. The van der Waals surface area contributed by atoms with E-state index in [4.69, 9.17) is 53.8 Å². The van der Waals surface area contributed by atoms with Gasteiger partial charge in [-0.3, -0.25) is 19.2 Å². The van der Waals surface area contributed by atoms with E-state index < -0.39 is 74.5 Å². The van der Waals surface area contributed by atoms with E-state index in [0.717, 1.165) is 0 Å². The van der Waals surface area contributed by atoms with E-state index in [2.05, 4.69) is 5.32 Å². The van der Waals surface area contributed by atoms with E-state index in [1.54, 1.807) is 69.2 Å². The molecule has 202 valence electrons. The zero-order valence-electron chi connectivity index (χ0n) is 21.8. The second-order valence-corrected chi connectivity index (χ2v) is 13.9. The number of alkyl halides is 3. The Morgan fingerprint density at radius 1 is 0.657 bits per heavy atom. The highest BCUT2D eigenvalue weighted by Crippen LogP contribution is 2.34. The predicted octanol–water partition coefficient (Wildman–Crippen LogP) is 4.09. The van der Waals surface area contributed by atoms with E-state index in [9.17, 15) is 19.2 Å². The van der Waals surface area contributed by atoms with E-state index in [-0.39, 0.29) is 0 Å². The summed E-state index contributed by atoms with van der Waals surface area (Å²) in [5.41, 5.74) is -2.81. The van der Waals surface area contributed by atoms with Crippen LogP contribution in [0.25, 0.3) is 0 Å². The van der Waals surface area contributed by atoms with E-state index in [0.29, 0.717) is 0 Å². The largest absolute Gasteiger partial charge is 0.455 e. The van der Waals surface area contributed by atoms with Crippen LogP contribution in [0.5, 0.6) is 0 Å². The lowest BCUT2D eigenvalue weighted by Gasteiger charge is -2.45. The van der Waals surface area contributed by atoms with Crippen LogP contribution in [0.1, 0.15) is 69.2 Å². The van der Waals surface area contributed by atoms with Crippen LogP contribution >= 0.6 is 34.8 Å². The van der Waals surface area contributed by atoms with Gasteiger partial charge in [0.15, 0.2) is 24.5 Å². The Kier molecular flexibility index (Phi) is 9.96. The summed E-state index contributed by atoms with van der Waals surface area (Å²) >= 11 is 17.1. The highest BCUT2D eigenvalue weighted by atomic mass is 35.6. The molecule has 0 unspecified atom stereocenters. The maximum Gasteiger partial charge on any atom is 0.311 e. The van der Waals surface area contributed by atoms with Crippen LogP contribution in [0.3, 0.4) is 0 Å². The van der Waals surface area contributed by atoms with Gasteiger partial charge in [0.25, 0.3) is 9.70 Å². The molecule has 1 aliphatic rings. The quantitative estimate of drug-likeness (QED) is 0.310. The fourth-order valence-electron chi connectivity index (χ4n) is 2.67. The first-order chi connectivity index (χ1) is 15.5. The van der Waals surface area contributed by atoms with Crippen molar-refractivity contribution in [2.24, 2.45) is 16.2 Å². The third-order valence-electron chi connectivity index (χ3n) is 4.87. The zero-order valence-corrected chi connectivity index (χ0v) is 24.1. The first kappa shape index (κ1) is 31.7. The number of hydrogen-bond donors (Lipinski definition) is 1. The Hall–Kier alpha value is -1.29. The Morgan fingerprint density at radius 3 is 1.34 bits per heavy atom. The van der Waals surface area contributed by atoms with Crippen LogP contribution in [0.15, 0.2) is 0 Å². The standard InChI is InChI=1S/C23H36Cl3NO8/c1-11-12(33-17(29)20(2,3)4)13(34-18(30)21(5,6)7)14(35-19(31)22(8,9)10)15(32-11)27-16(28)23(24,25)26/h11-15H,1-10H3,(H,27,28)/t11-,12-,13+,14+,15+/m0/s1. The smallest absolute Gasteiger partial charge is 0.311 e. The van der Waals surface area contributed by atoms with Gasteiger partial charge < -0.3 is 24.3 Å². The average molecular weight is 561 g/mol. The van der Waals surface area contributed by atoms with Crippen molar-refractivity contribution >= 4 is 58.6 Å². The van der Waals surface area contributed by atoms with Gasteiger partial charge in [-0.1, -0.05) is 34.8 Å². The van der Waals surface area contributed by atoms with Crippen LogP contribution in [-0.4, -0.2) is 58.3 Å². The summed E-state index contributed by atoms with van der Waals surface area (Å²) in [5, 5.41) is 2.38. The number of carbonyl (C=O) groups is 4. The molecule has 0 bridgehead atoms. The summed E-state index contributed by atoms with van der Waals surface area (Å²) in [6.45, 7) is 16.3. The summed E-state index contributed by atoms with van der Waals surface area (Å²) in [5.74, 6) is -3.00. The molecule has 35 heavy (non-hydrogen) atoms. The van der Waals surface area contributed by atoms with E-state index in [1.807, 2.05) is 0 Å². The molecule has 1 N–H and O–H groups in total. The van der Waals surface area contributed by atoms with Crippen molar-refractivity contribution in [1.82, 2.24) is 5.32 Å². The minimum Gasteiger partial charge on any atom is -0.455 e. The third kappa shape index (κ3) is 8.95. The van der Waals surface area contributed by atoms with Crippen molar-refractivity contribution in [1.29, 1.82) is 0 Å². The van der Waals surface area contributed by atoms with Crippen LogP contribution in [-0.2, 0) is 38.1 Å². The molecular weight excluding hydrogens is 525 g/mol. The molecule has 0 aromatic carbocycles. The molecule has 0 aromatic rings. The SMILES string of the molecule is C[C@@H]1O[C@@H](NC(=O)C(Cl)(Cl)Cl)[C@H](OC(=O)C(C)(C)C)[C@H](OC(=O)C(C)(C)C)[C@H]1OC(=O)C(C)(C)C. The van der Waals surface area contributed by atoms with Crippen molar-refractivity contribution in [3.63, 3.8) is 0 Å². The second kappa shape index (κ2) is 11.0.